The molecule has 2 N–H and O–H groups in total. The zero-order valence-electron chi connectivity index (χ0n) is 6.48. The fourth-order valence-corrected chi connectivity index (χ4v) is 1.63. The Morgan fingerprint density at radius 1 is 1.54 bits per heavy atom. The summed E-state index contributed by atoms with van der Waals surface area (Å²) < 4.78 is 0.625. The molecule has 0 aromatic heterocycles. The molecule has 2 nitrogen and oxygen atoms in total. The molecule has 0 bridgehead atoms. The number of carbonyl (C=O) groups excluding carboxylic acids is 1. The molecule has 1 aromatic carbocycles. The fraction of sp³-hybridized carbons (Fsp3) is 0.125. The fourth-order valence-electron chi connectivity index (χ4n) is 0.848. The Kier molecular flexibility index (Phi) is 3.76. The first kappa shape index (κ1) is 11.0. The van der Waals surface area contributed by atoms with Crippen LogP contribution in [0.15, 0.2) is 16.6 Å². The van der Waals surface area contributed by atoms with Gasteiger partial charge in [-0.25, -0.2) is 0 Å². The number of rotatable bonds is 2. The molecular formula is C8H6Br2ClNO. The van der Waals surface area contributed by atoms with Gasteiger partial charge in [-0.1, -0.05) is 27.5 Å². The van der Waals surface area contributed by atoms with Crippen molar-refractivity contribution in [1.82, 2.24) is 0 Å². The third kappa shape index (κ3) is 2.45. The summed E-state index contributed by atoms with van der Waals surface area (Å²) in [4.78, 5) is 11.3. The van der Waals surface area contributed by atoms with Gasteiger partial charge in [0, 0.05) is 11.3 Å². The number of hydrogen-bond donors (Lipinski definition) is 1. The lowest BCUT2D eigenvalue weighted by molar-refractivity contribution is 0.102. The molecule has 0 spiro atoms. The average Bonchev–Trinajstić information content (AvgIpc) is 2.12. The van der Waals surface area contributed by atoms with Crippen molar-refractivity contribution in [1.29, 1.82) is 0 Å². The molecule has 0 amide bonds. The molecule has 0 saturated carbocycles. The maximum absolute atomic E-state index is 11.3. The van der Waals surface area contributed by atoms with E-state index in [2.05, 4.69) is 31.9 Å². The monoisotopic (exact) mass is 325 g/mol. The summed E-state index contributed by atoms with van der Waals surface area (Å²) in [6, 6.07) is 3.19. The molecule has 1 aromatic rings. The van der Waals surface area contributed by atoms with Crippen LogP contribution in [0.1, 0.15) is 10.4 Å². The smallest absolute Gasteiger partial charge is 0.173 e. The lowest BCUT2D eigenvalue weighted by atomic mass is 10.1. The predicted molar refractivity (Wildman–Crippen MR) is 61.7 cm³/mol. The van der Waals surface area contributed by atoms with Gasteiger partial charge in [-0.15, -0.1) is 0 Å². The van der Waals surface area contributed by atoms with Gasteiger partial charge in [-0.05, 0) is 28.1 Å². The molecule has 0 aliphatic rings. The highest BCUT2D eigenvalue weighted by molar-refractivity contribution is 9.10. The Morgan fingerprint density at radius 2 is 2.15 bits per heavy atom. The minimum absolute atomic E-state index is 0.0406. The van der Waals surface area contributed by atoms with E-state index in [0.29, 0.717) is 20.7 Å². The second-order valence-electron chi connectivity index (χ2n) is 2.42. The molecule has 70 valence electrons. The summed E-state index contributed by atoms with van der Waals surface area (Å²) in [5.41, 5.74) is 6.60. The standard InChI is InChI=1S/C8H6Br2ClNO/c9-3-7(13)4-1-5(11)8(10)6(12)2-4/h1-2H,3,12H2. The minimum atomic E-state index is -0.0406. The predicted octanol–water partition coefficient (Wildman–Crippen LogP) is 3.26. The van der Waals surface area contributed by atoms with E-state index in [4.69, 9.17) is 17.3 Å². The molecule has 0 unspecified atom stereocenters. The van der Waals surface area contributed by atoms with Gasteiger partial charge in [0.1, 0.15) is 0 Å². The van der Waals surface area contributed by atoms with Crippen molar-refractivity contribution in [3.05, 3.63) is 27.2 Å². The second-order valence-corrected chi connectivity index (χ2v) is 4.18. The van der Waals surface area contributed by atoms with Crippen LogP contribution in [-0.4, -0.2) is 11.1 Å². The number of nitrogens with two attached hydrogens (primary N) is 1. The van der Waals surface area contributed by atoms with E-state index in [9.17, 15) is 4.79 Å². The maximum atomic E-state index is 11.3. The molecule has 0 radical (unpaired) electrons. The summed E-state index contributed by atoms with van der Waals surface area (Å²) in [7, 11) is 0. The van der Waals surface area contributed by atoms with Crippen LogP contribution in [0.25, 0.3) is 0 Å². The number of ketones is 1. The number of anilines is 1. The van der Waals surface area contributed by atoms with E-state index < -0.39 is 0 Å². The molecule has 5 heteroatoms. The number of nitrogen functional groups attached to an aromatic ring is 1. The van der Waals surface area contributed by atoms with Crippen molar-refractivity contribution in [3.8, 4) is 0 Å². The Morgan fingerprint density at radius 3 is 2.62 bits per heavy atom. The number of halogens is 3. The molecule has 0 aliphatic carbocycles. The van der Waals surface area contributed by atoms with Crippen molar-refractivity contribution in [2.45, 2.75) is 0 Å². The van der Waals surface area contributed by atoms with Crippen LogP contribution in [-0.2, 0) is 0 Å². The van der Waals surface area contributed by atoms with Gasteiger partial charge in [-0.3, -0.25) is 4.79 Å². The third-order valence-corrected chi connectivity index (χ3v) is 3.42. The van der Waals surface area contributed by atoms with E-state index in [-0.39, 0.29) is 11.1 Å². The Hall–Kier alpha value is -0.0600. The molecule has 0 atom stereocenters. The van der Waals surface area contributed by atoms with Crippen LogP contribution in [0, 0.1) is 0 Å². The summed E-state index contributed by atoms with van der Waals surface area (Å²) in [5, 5.41) is 0.717. The van der Waals surface area contributed by atoms with Gasteiger partial charge in [0.2, 0.25) is 0 Å². The van der Waals surface area contributed by atoms with Gasteiger partial charge in [-0.2, -0.15) is 0 Å². The summed E-state index contributed by atoms with van der Waals surface area (Å²) in [6.07, 6.45) is 0. The van der Waals surface area contributed by atoms with Crippen LogP contribution in [0.4, 0.5) is 5.69 Å². The number of Topliss-reactive ketones (excluding diaryl/α,β-unsaturated/α-hetero) is 1. The second kappa shape index (κ2) is 4.44. The van der Waals surface area contributed by atoms with E-state index in [1.54, 1.807) is 12.1 Å². The van der Waals surface area contributed by atoms with Crippen molar-refractivity contribution in [2.75, 3.05) is 11.1 Å². The number of benzene rings is 1. The molecular weight excluding hydrogens is 321 g/mol. The maximum Gasteiger partial charge on any atom is 0.173 e. The highest BCUT2D eigenvalue weighted by Gasteiger charge is 2.09. The number of hydrogen-bond acceptors (Lipinski definition) is 2. The molecule has 0 heterocycles. The van der Waals surface area contributed by atoms with E-state index in [1.807, 2.05) is 0 Å². The van der Waals surface area contributed by atoms with Crippen LogP contribution >= 0.6 is 43.5 Å². The van der Waals surface area contributed by atoms with Gasteiger partial charge < -0.3 is 5.73 Å². The quantitative estimate of drug-likeness (QED) is 0.515. The average molecular weight is 327 g/mol. The van der Waals surface area contributed by atoms with Crippen molar-refractivity contribution in [2.24, 2.45) is 0 Å². The normalized spacial score (nSPS) is 10.1. The number of alkyl halides is 1. The first-order valence-electron chi connectivity index (χ1n) is 3.40. The van der Waals surface area contributed by atoms with Crippen molar-refractivity contribution >= 4 is 54.9 Å². The van der Waals surface area contributed by atoms with Gasteiger partial charge in [0.25, 0.3) is 0 Å². The zero-order chi connectivity index (χ0) is 10.0. The van der Waals surface area contributed by atoms with Crippen LogP contribution in [0.5, 0.6) is 0 Å². The van der Waals surface area contributed by atoms with Crippen molar-refractivity contribution < 1.29 is 4.79 Å². The molecule has 1 rings (SSSR count). The topological polar surface area (TPSA) is 43.1 Å². The Balaban J connectivity index is 3.20. The van der Waals surface area contributed by atoms with E-state index >= 15 is 0 Å². The molecule has 0 aliphatic heterocycles. The molecule has 0 fully saturated rings. The number of carbonyl (C=O) groups is 1. The Bertz CT molecular complexity index is 331. The minimum Gasteiger partial charge on any atom is -0.398 e. The summed E-state index contributed by atoms with van der Waals surface area (Å²) in [6.45, 7) is 0. The van der Waals surface area contributed by atoms with Crippen molar-refractivity contribution in [3.63, 3.8) is 0 Å². The summed E-state index contributed by atoms with van der Waals surface area (Å²) in [5.74, 6) is -0.0406. The Labute approximate surface area is 97.7 Å². The first-order chi connectivity index (χ1) is 6.06. The van der Waals surface area contributed by atoms with Gasteiger partial charge in [0.05, 0.1) is 14.8 Å². The van der Waals surface area contributed by atoms with Gasteiger partial charge in [0.15, 0.2) is 5.78 Å². The van der Waals surface area contributed by atoms with Gasteiger partial charge >= 0.3 is 0 Å². The highest BCUT2D eigenvalue weighted by atomic mass is 79.9. The lowest BCUT2D eigenvalue weighted by Gasteiger charge is -2.03. The van der Waals surface area contributed by atoms with Crippen LogP contribution < -0.4 is 5.73 Å². The molecule has 0 saturated heterocycles. The third-order valence-electron chi connectivity index (χ3n) is 1.50. The highest BCUT2D eigenvalue weighted by Crippen LogP contribution is 2.30. The SMILES string of the molecule is Nc1cc(C(=O)CBr)cc(Cl)c1Br. The van der Waals surface area contributed by atoms with E-state index in [1.165, 1.54) is 0 Å². The van der Waals surface area contributed by atoms with Crippen LogP contribution in [0.2, 0.25) is 5.02 Å². The zero-order valence-corrected chi connectivity index (χ0v) is 10.4. The molecule has 13 heavy (non-hydrogen) atoms. The lowest BCUT2D eigenvalue weighted by Crippen LogP contribution is -2.01. The largest absolute Gasteiger partial charge is 0.398 e. The first-order valence-corrected chi connectivity index (χ1v) is 5.69. The van der Waals surface area contributed by atoms with Crippen LogP contribution in [0.3, 0.4) is 0 Å². The summed E-state index contributed by atoms with van der Waals surface area (Å²) >= 11 is 12.1. The van der Waals surface area contributed by atoms with E-state index in [0.717, 1.165) is 0 Å².